The zero-order valence-electron chi connectivity index (χ0n) is 20.0. The first-order valence-corrected chi connectivity index (χ1v) is 12.3. The van der Waals surface area contributed by atoms with Crippen LogP contribution in [0.2, 0.25) is 0 Å². The van der Waals surface area contributed by atoms with Gasteiger partial charge in [0, 0.05) is 32.8 Å². The van der Waals surface area contributed by atoms with Gasteiger partial charge in [-0.2, -0.15) is 0 Å². The van der Waals surface area contributed by atoms with Gasteiger partial charge in [-0.25, -0.2) is 0 Å². The van der Waals surface area contributed by atoms with Crippen molar-refractivity contribution >= 4 is 5.91 Å². The molecule has 2 unspecified atom stereocenters. The third-order valence-electron chi connectivity index (χ3n) is 7.36. The summed E-state index contributed by atoms with van der Waals surface area (Å²) < 4.78 is 5.09. The van der Waals surface area contributed by atoms with Crippen molar-refractivity contribution in [3.8, 4) is 11.1 Å². The zero-order valence-corrected chi connectivity index (χ0v) is 20.0. The average molecular weight is 435 g/mol. The molecule has 32 heavy (non-hydrogen) atoms. The second-order valence-electron chi connectivity index (χ2n) is 9.62. The lowest BCUT2D eigenvalue weighted by Crippen LogP contribution is -2.34. The normalized spacial score (nSPS) is 21.4. The van der Waals surface area contributed by atoms with Gasteiger partial charge in [-0.1, -0.05) is 49.4 Å². The Bertz CT molecular complexity index is 908. The van der Waals surface area contributed by atoms with Gasteiger partial charge in [0.2, 0.25) is 5.91 Å². The van der Waals surface area contributed by atoms with Crippen LogP contribution >= 0.6 is 0 Å². The number of ether oxygens (including phenoxy) is 1. The Kier molecular flexibility index (Phi) is 7.64. The lowest BCUT2D eigenvalue weighted by Gasteiger charge is -2.23. The van der Waals surface area contributed by atoms with Crippen LogP contribution < -0.4 is 0 Å². The van der Waals surface area contributed by atoms with E-state index < -0.39 is 0 Å². The highest BCUT2D eigenvalue weighted by molar-refractivity contribution is 5.76. The lowest BCUT2D eigenvalue weighted by molar-refractivity contribution is -0.132. The number of hydrogen-bond donors (Lipinski definition) is 0. The van der Waals surface area contributed by atoms with Gasteiger partial charge >= 0.3 is 0 Å². The van der Waals surface area contributed by atoms with E-state index in [4.69, 9.17) is 4.74 Å². The molecule has 172 valence electrons. The van der Waals surface area contributed by atoms with Gasteiger partial charge in [-0.05, 0) is 72.9 Å². The largest absolute Gasteiger partial charge is 0.384 e. The van der Waals surface area contributed by atoms with Crippen molar-refractivity contribution in [2.24, 2.45) is 0 Å². The Morgan fingerprint density at radius 3 is 2.56 bits per heavy atom. The van der Waals surface area contributed by atoms with Crippen LogP contribution in [-0.2, 0) is 22.4 Å². The highest BCUT2D eigenvalue weighted by Gasteiger charge is 2.23. The highest BCUT2D eigenvalue weighted by atomic mass is 16.5. The van der Waals surface area contributed by atoms with Crippen molar-refractivity contribution in [2.75, 3.05) is 39.9 Å². The summed E-state index contributed by atoms with van der Waals surface area (Å²) in [6.45, 7) is 9.08. The summed E-state index contributed by atoms with van der Waals surface area (Å²) in [6, 6.07) is 16.7. The summed E-state index contributed by atoms with van der Waals surface area (Å²) in [6.07, 6.45) is 5.20. The van der Waals surface area contributed by atoms with Gasteiger partial charge in [0.25, 0.3) is 0 Å². The molecule has 1 amide bonds. The smallest absolute Gasteiger partial charge is 0.224 e. The highest BCUT2D eigenvalue weighted by Crippen LogP contribution is 2.31. The fourth-order valence-electron chi connectivity index (χ4n) is 5.27. The molecule has 1 saturated heterocycles. The van der Waals surface area contributed by atoms with E-state index >= 15 is 0 Å². The molecule has 4 rings (SSSR count). The summed E-state index contributed by atoms with van der Waals surface area (Å²) in [5, 5.41) is 0. The molecule has 2 aliphatic rings. The van der Waals surface area contributed by atoms with Crippen molar-refractivity contribution in [3.63, 3.8) is 0 Å². The second kappa shape index (κ2) is 10.6. The van der Waals surface area contributed by atoms with Crippen LogP contribution in [0.1, 0.15) is 55.7 Å². The van der Waals surface area contributed by atoms with Crippen LogP contribution in [0.15, 0.2) is 42.5 Å². The predicted molar refractivity (Wildman–Crippen MR) is 131 cm³/mol. The Balaban J connectivity index is 1.42. The third kappa shape index (κ3) is 5.41. The Morgan fingerprint density at radius 2 is 1.84 bits per heavy atom. The maximum absolute atomic E-state index is 12.5. The molecule has 0 aromatic heterocycles. The first-order chi connectivity index (χ1) is 15.5. The van der Waals surface area contributed by atoms with Gasteiger partial charge < -0.3 is 14.5 Å². The van der Waals surface area contributed by atoms with Crippen molar-refractivity contribution in [1.82, 2.24) is 9.80 Å². The molecular weight excluding hydrogens is 396 g/mol. The molecule has 0 spiro atoms. The first kappa shape index (κ1) is 23.0. The number of benzene rings is 2. The third-order valence-corrected chi connectivity index (χ3v) is 7.36. The monoisotopic (exact) mass is 434 g/mol. The van der Waals surface area contributed by atoms with E-state index in [0.717, 1.165) is 38.5 Å². The number of likely N-dealkylation sites (tertiary alicyclic amines) is 1. The molecule has 2 aromatic rings. The van der Waals surface area contributed by atoms with Crippen LogP contribution in [-0.4, -0.2) is 61.6 Å². The van der Waals surface area contributed by atoms with E-state index in [2.05, 4.69) is 61.2 Å². The molecule has 1 fully saturated rings. The van der Waals surface area contributed by atoms with E-state index in [9.17, 15) is 4.79 Å². The van der Waals surface area contributed by atoms with Crippen LogP contribution in [0.4, 0.5) is 0 Å². The van der Waals surface area contributed by atoms with E-state index in [1.807, 2.05) is 4.90 Å². The molecule has 2 aliphatic heterocycles. The standard InChI is InChI=1S/C28H38N2O2/c1-21-20-30(28(31)14-18-32-3)17-13-25-10-11-26(19-27(21)25)24-8-6-23(7-9-24)12-16-29-15-4-5-22(29)2/h6-11,19,21-22H,4-5,12-18,20H2,1-3H3. The molecule has 2 aromatic carbocycles. The summed E-state index contributed by atoms with van der Waals surface area (Å²) in [7, 11) is 1.65. The van der Waals surface area contributed by atoms with Crippen molar-refractivity contribution in [3.05, 3.63) is 59.2 Å². The van der Waals surface area contributed by atoms with Crippen molar-refractivity contribution < 1.29 is 9.53 Å². The van der Waals surface area contributed by atoms with Crippen LogP contribution in [0, 0.1) is 0 Å². The van der Waals surface area contributed by atoms with Crippen molar-refractivity contribution in [2.45, 2.75) is 57.9 Å². The Labute approximate surface area is 193 Å². The summed E-state index contributed by atoms with van der Waals surface area (Å²) in [4.78, 5) is 17.2. The molecular formula is C28H38N2O2. The molecule has 0 saturated carbocycles. The van der Waals surface area contributed by atoms with E-state index in [1.54, 1.807) is 7.11 Å². The average Bonchev–Trinajstić information content (AvgIpc) is 3.15. The molecule has 0 radical (unpaired) electrons. The van der Waals surface area contributed by atoms with Crippen molar-refractivity contribution in [1.29, 1.82) is 0 Å². The van der Waals surface area contributed by atoms with Crippen LogP contribution in [0.25, 0.3) is 11.1 Å². The van der Waals surface area contributed by atoms with Crippen LogP contribution in [0.5, 0.6) is 0 Å². The van der Waals surface area contributed by atoms with Crippen LogP contribution in [0.3, 0.4) is 0 Å². The summed E-state index contributed by atoms with van der Waals surface area (Å²) in [5.41, 5.74) is 6.72. The number of carbonyl (C=O) groups is 1. The van der Waals surface area contributed by atoms with Gasteiger partial charge in [0.1, 0.15) is 0 Å². The molecule has 0 aliphatic carbocycles. The fourth-order valence-corrected chi connectivity index (χ4v) is 5.27. The van der Waals surface area contributed by atoms with Gasteiger partial charge in [0.05, 0.1) is 13.0 Å². The zero-order chi connectivity index (χ0) is 22.5. The summed E-state index contributed by atoms with van der Waals surface area (Å²) in [5.74, 6) is 0.534. The maximum Gasteiger partial charge on any atom is 0.224 e. The Hall–Kier alpha value is -2.17. The van der Waals surface area contributed by atoms with Gasteiger partial charge in [-0.15, -0.1) is 0 Å². The number of fused-ring (bicyclic) bond motifs is 1. The molecule has 2 heterocycles. The Morgan fingerprint density at radius 1 is 1.06 bits per heavy atom. The second-order valence-corrected chi connectivity index (χ2v) is 9.62. The molecule has 4 heteroatoms. The number of methoxy groups -OCH3 is 1. The van der Waals surface area contributed by atoms with E-state index in [0.29, 0.717) is 18.9 Å². The molecule has 0 bridgehead atoms. The van der Waals surface area contributed by atoms with E-state index in [1.165, 1.54) is 47.2 Å². The minimum absolute atomic E-state index is 0.200. The topological polar surface area (TPSA) is 32.8 Å². The lowest BCUT2D eigenvalue weighted by atomic mass is 9.91. The maximum atomic E-state index is 12.5. The molecule has 4 nitrogen and oxygen atoms in total. The van der Waals surface area contributed by atoms with Gasteiger partial charge in [0.15, 0.2) is 0 Å². The molecule has 2 atom stereocenters. The number of rotatable bonds is 7. The minimum atomic E-state index is 0.200. The number of amides is 1. The number of hydrogen-bond acceptors (Lipinski definition) is 3. The summed E-state index contributed by atoms with van der Waals surface area (Å²) >= 11 is 0. The first-order valence-electron chi connectivity index (χ1n) is 12.3. The number of nitrogens with zero attached hydrogens (tertiary/aromatic N) is 2. The minimum Gasteiger partial charge on any atom is -0.384 e. The quantitative estimate of drug-likeness (QED) is 0.621. The SMILES string of the molecule is COCCC(=O)N1CCc2ccc(-c3ccc(CCN4CCCC4C)cc3)cc2C(C)C1. The van der Waals surface area contributed by atoms with E-state index in [-0.39, 0.29) is 5.91 Å². The molecule has 0 N–H and O–H groups in total. The number of carbonyl (C=O) groups excluding carboxylic acids is 1. The fraction of sp³-hybridized carbons (Fsp3) is 0.536. The predicted octanol–water partition coefficient (Wildman–Crippen LogP) is 4.91. The van der Waals surface area contributed by atoms with Gasteiger partial charge in [-0.3, -0.25) is 4.79 Å².